The molecule has 0 saturated carbocycles. The second kappa shape index (κ2) is 8.20. The van der Waals surface area contributed by atoms with Gasteiger partial charge in [0.1, 0.15) is 24.3 Å². The zero-order chi connectivity index (χ0) is 21.1. The van der Waals surface area contributed by atoms with Gasteiger partial charge in [-0.3, -0.25) is 0 Å². The fourth-order valence-corrected chi connectivity index (χ4v) is 3.87. The van der Waals surface area contributed by atoms with Gasteiger partial charge < -0.3 is 14.8 Å². The van der Waals surface area contributed by atoms with Crippen LogP contribution in [0.2, 0.25) is 0 Å². The summed E-state index contributed by atoms with van der Waals surface area (Å²) < 4.78 is 30.9. The van der Waals surface area contributed by atoms with Crippen LogP contribution in [0.25, 0.3) is 10.9 Å². The fourth-order valence-electron chi connectivity index (χ4n) is 2.77. The van der Waals surface area contributed by atoms with E-state index in [0.29, 0.717) is 32.9 Å². The highest BCUT2D eigenvalue weighted by Gasteiger charge is 2.13. The maximum Gasteiger partial charge on any atom is 0.211 e. The lowest BCUT2D eigenvalue weighted by Gasteiger charge is -2.13. The topological polar surface area (TPSA) is 123 Å². The van der Waals surface area contributed by atoms with Gasteiger partial charge in [-0.15, -0.1) is 10.2 Å². The Morgan fingerprint density at radius 2 is 1.97 bits per heavy atom. The van der Waals surface area contributed by atoms with Crippen molar-refractivity contribution in [3.8, 4) is 11.5 Å². The number of rotatable bonds is 7. The minimum absolute atomic E-state index is 0.284. The summed E-state index contributed by atoms with van der Waals surface area (Å²) in [5, 5.41) is 12.3. The highest BCUT2D eigenvalue weighted by Crippen LogP contribution is 2.35. The van der Waals surface area contributed by atoms with Crippen molar-refractivity contribution in [3.05, 3.63) is 53.8 Å². The van der Waals surface area contributed by atoms with E-state index in [1.54, 1.807) is 43.0 Å². The normalized spacial score (nSPS) is 13.0. The molecular weight excluding hydrogens is 424 g/mol. The highest BCUT2D eigenvalue weighted by molar-refractivity contribution is 7.91. The third kappa shape index (κ3) is 4.31. The van der Waals surface area contributed by atoms with E-state index in [9.17, 15) is 4.21 Å². The quantitative estimate of drug-likeness (QED) is 0.442. The SMILES string of the molecule is COc1cc2c(Nc3nncs3)ncnc2cc1OCc1ccc(S(C)(=N)=O)cc1. The molecule has 0 bridgehead atoms. The second-order valence-corrected chi connectivity index (χ2v) is 9.38. The Kier molecular flexibility index (Phi) is 5.46. The van der Waals surface area contributed by atoms with Crippen molar-refractivity contribution in [2.75, 3.05) is 18.7 Å². The smallest absolute Gasteiger partial charge is 0.211 e. The molecule has 2 aromatic carbocycles. The summed E-state index contributed by atoms with van der Waals surface area (Å²) >= 11 is 1.37. The minimum atomic E-state index is -2.73. The van der Waals surface area contributed by atoms with Crippen LogP contribution in [-0.2, 0) is 16.3 Å². The zero-order valence-corrected chi connectivity index (χ0v) is 17.8. The number of nitrogens with zero attached hydrogens (tertiary/aromatic N) is 4. The van der Waals surface area contributed by atoms with Gasteiger partial charge in [0.05, 0.1) is 22.4 Å². The standard InChI is InChI=1S/C19H18N6O3S2/c1-27-16-7-14-15(21-10-22-18(14)24-19-25-23-11-29-19)8-17(16)28-9-12-3-5-13(6-4-12)30(2,20)26/h3-8,10-11,20H,9H2,1-2H3,(H,21,22,24,25). The van der Waals surface area contributed by atoms with Crippen LogP contribution in [0.1, 0.15) is 5.56 Å². The molecule has 0 saturated heterocycles. The number of anilines is 2. The monoisotopic (exact) mass is 442 g/mol. The van der Waals surface area contributed by atoms with Crippen LogP contribution in [0, 0.1) is 4.78 Å². The molecule has 2 heterocycles. The molecule has 30 heavy (non-hydrogen) atoms. The summed E-state index contributed by atoms with van der Waals surface area (Å²) in [6.07, 6.45) is 2.86. The lowest BCUT2D eigenvalue weighted by atomic mass is 10.2. The summed E-state index contributed by atoms with van der Waals surface area (Å²) in [6, 6.07) is 10.6. The molecule has 0 aliphatic carbocycles. The van der Waals surface area contributed by atoms with Crippen LogP contribution in [-0.4, -0.2) is 37.7 Å². The number of methoxy groups -OCH3 is 1. The molecular formula is C19H18N6O3S2. The van der Waals surface area contributed by atoms with E-state index in [1.807, 2.05) is 6.07 Å². The maximum absolute atomic E-state index is 11.8. The lowest BCUT2D eigenvalue weighted by molar-refractivity contribution is 0.285. The zero-order valence-electron chi connectivity index (χ0n) is 16.2. The average Bonchev–Trinajstić information content (AvgIpc) is 3.24. The van der Waals surface area contributed by atoms with E-state index in [2.05, 4.69) is 25.5 Å². The Morgan fingerprint density at radius 3 is 2.63 bits per heavy atom. The molecule has 0 aliphatic rings. The molecule has 0 spiro atoms. The van der Waals surface area contributed by atoms with Crippen molar-refractivity contribution in [2.45, 2.75) is 11.5 Å². The molecule has 9 nitrogen and oxygen atoms in total. The summed E-state index contributed by atoms with van der Waals surface area (Å²) in [5.41, 5.74) is 3.20. The molecule has 1 atom stereocenters. The van der Waals surface area contributed by atoms with E-state index < -0.39 is 9.73 Å². The van der Waals surface area contributed by atoms with Crippen LogP contribution in [0.3, 0.4) is 0 Å². The van der Waals surface area contributed by atoms with Gasteiger partial charge in [0.25, 0.3) is 0 Å². The number of fused-ring (bicyclic) bond motifs is 1. The van der Waals surface area contributed by atoms with E-state index in [4.69, 9.17) is 14.3 Å². The second-order valence-electron chi connectivity index (χ2n) is 6.39. The van der Waals surface area contributed by atoms with Gasteiger partial charge in [-0.05, 0) is 23.8 Å². The number of aromatic nitrogens is 4. The van der Waals surface area contributed by atoms with Crippen LogP contribution < -0.4 is 14.8 Å². The molecule has 0 radical (unpaired) electrons. The maximum atomic E-state index is 11.8. The van der Waals surface area contributed by atoms with Gasteiger partial charge in [0, 0.05) is 22.6 Å². The van der Waals surface area contributed by atoms with Gasteiger partial charge in [0.2, 0.25) is 5.13 Å². The summed E-state index contributed by atoms with van der Waals surface area (Å²) in [5.74, 6) is 1.67. The molecule has 0 fully saturated rings. The van der Waals surface area contributed by atoms with Gasteiger partial charge in [-0.2, -0.15) is 0 Å². The van der Waals surface area contributed by atoms with Crippen molar-refractivity contribution in [3.63, 3.8) is 0 Å². The largest absolute Gasteiger partial charge is 0.493 e. The lowest BCUT2D eigenvalue weighted by Crippen LogP contribution is -2.01. The van der Waals surface area contributed by atoms with Gasteiger partial charge in [0.15, 0.2) is 11.5 Å². The Balaban J connectivity index is 1.59. The Morgan fingerprint density at radius 1 is 1.17 bits per heavy atom. The molecule has 4 rings (SSSR count). The Bertz CT molecular complexity index is 1280. The number of hydrogen-bond acceptors (Lipinski definition) is 10. The Labute approximate surface area is 177 Å². The minimum Gasteiger partial charge on any atom is -0.493 e. The molecule has 0 aliphatic heterocycles. The van der Waals surface area contributed by atoms with Crippen molar-refractivity contribution in [1.82, 2.24) is 20.2 Å². The predicted octanol–water partition coefficient (Wildman–Crippen LogP) is 3.85. The molecule has 11 heteroatoms. The highest BCUT2D eigenvalue weighted by atomic mass is 32.2. The predicted molar refractivity (Wildman–Crippen MR) is 115 cm³/mol. The average molecular weight is 443 g/mol. The molecule has 2 aromatic heterocycles. The summed E-state index contributed by atoms with van der Waals surface area (Å²) in [6.45, 7) is 0.284. The van der Waals surface area contributed by atoms with Gasteiger partial charge in [-0.25, -0.2) is 19.0 Å². The van der Waals surface area contributed by atoms with Crippen molar-refractivity contribution < 1.29 is 13.7 Å². The van der Waals surface area contributed by atoms with Crippen LogP contribution in [0.4, 0.5) is 10.9 Å². The number of hydrogen-bond donors (Lipinski definition) is 2. The first kappa shape index (κ1) is 20.0. The number of ether oxygens (including phenoxy) is 2. The molecule has 4 aromatic rings. The van der Waals surface area contributed by atoms with E-state index in [-0.39, 0.29) is 6.61 Å². The summed E-state index contributed by atoms with van der Waals surface area (Å²) in [4.78, 5) is 9.11. The van der Waals surface area contributed by atoms with E-state index in [0.717, 1.165) is 10.9 Å². The molecule has 154 valence electrons. The molecule has 1 unspecified atom stereocenters. The third-order valence-corrected chi connectivity index (χ3v) is 6.05. The number of benzene rings is 2. The van der Waals surface area contributed by atoms with Gasteiger partial charge >= 0.3 is 0 Å². The van der Waals surface area contributed by atoms with Crippen LogP contribution >= 0.6 is 11.3 Å². The van der Waals surface area contributed by atoms with E-state index >= 15 is 0 Å². The van der Waals surface area contributed by atoms with Crippen molar-refractivity contribution >= 4 is 42.9 Å². The van der Waals surface area contributed by atoms with Crippen molar-refractivity contribution in [1.29, 1.82) is 4.78 Å². The van der Waals surface area contributed by atoms with Crippen LogP contribution in [0.15, 0.2) is 53.1 Å². The third-order valence-electron chi connectivity index (χ3n) is 4.27. The first-order valence-electron chi connectivity index (χ1n) is 8.75. The fraction of sp³-hybridized carbons (Fsp3) is 0.158. The number of nitrogens with one attached hydrogen (secondary N) is 2. The first-order chi connectivity index (χ1) is 14.4. The first-order valence-corrected chi connectivity index (χ1v) is 11.6. The molecule has 0 amide bonds. The van der Waals surface area contributed by atoms with Gasteiger partial charge in [-0.1, -0.05) is 23.5 Å². The molecule has 2 N–H and O–H groups in total. The Hall–Kier alpha value is -3.31. The van der Waals surface area contributed by atoms with E-state index in [1.165, 1.54) is 23.9 Å². The van der Waals surface area contributed by atoms with Crippen LogP contribution in [0.5, 0.6) is 11.5 Å². The summed E-state index contributed by atoms with van der Waals surface area (Å²) in [7, 11) is -1.17. The van der Waals surface area contributed by atoms with Crippen molar-refractivity contribution in [2.24, 2.45) is 0 Å².